The molecule has 170 valence electrons. The van der Waals surface area contributed by atoms with E-state index in [0.29, 0.717) is 17.6 Å². The normalized spacial score (nSPS) is 12.6. The molecule has 0 spiro atoms. The number of amides is 1. The molecule has 0 aliphatic heterocycles. The number of alkyl halides is 3. The highest BCUT2D eigenvalue weighted by Gasteiger charge is 2.33. The lowest BCUT2D eigenvalue weighted by Crippen LogP contribution is -2.45. The van der Waals surface area contributed by atoms with Crippen molar-refractivity contribution in [3.05, 3.63) is 54.0 Å². The van der Waals surface area contributed by atoms with E-state index in [9.17, 15) is 18.0 Å². The second-order valence-electron chi connectivity index (χ2n) is 7.53. The van der Waals surface area contributed by atoms with Crippen LogP contribution in [0.5, 0.6) is 0 Å². The lowest BCUT2D eigenvalue weighted by atomic mass is 10.0. The largest absolute Gasteiger partial charge is 0.434 e. The van der Waals surface area contributed by atoms with E-state index in [1.807, 2.05) is 13.8 Å². The van der Waals surface area contributed by atoms with Crippen molar-refractivity contribution in [3.8, 4) is 5.69 Å². The first-order valence-electron chi connectivity index (χ1n) is 9.82. The van der Waals surface area contributed by atoms with Crippen LogP contribution in [0.4, 0.5) is 19.0 Å². The zero-order chi connectivity index (χ0) is 23.5. The average Bonchev–Trinajstić information content (AvgIpc) is 3.27. The van der Waals surface area contributed by atoms with Gasteiger partial charge in [0.1, 0.15) is 11.5 Å². The van der Waals surface area contributed by atoms with Crippen LogP contribution in [0.1, 0.15) is 35.7 Å². The topological polar surface area (TPSA) is 102 Å². The number of halogens is 3. The molecular formula is C20H23F3N8O. The highest BCUT2D eigenvalue weighted by atomic mass is 19.4. The summed E-state index contributed by atoms with van der Waals surface area (Å²) in [6.45, 7) is 5.91. The maximum absolute atomic E-state index is 13.3. The fourth-order valence-corrected chi connectivity index (χ4v) is 3.12. The first-order valence-corrected chi connectivity index (χ1v) is 9.82. The van der Waals surface area contributed by atoms with Gasteiger partial charge in [-0.25, -0.2) is 15.0 Å². The predicted octanol–water partition coefficient (Wildman–Crippen LogP) is 2.99. The van der Waals surface area contributed by atoms with Gasteiger partial charge in [-0.3, -0.25) is 4.79 Å². The molecule has 1 unspecified atom stereocenters. The second-order valence-corrected chi connectivity index (χ2v) is 7.53. The van der Waals surface area contributed by atoms with Crippen LogP contribution in [0.3, 0.4) is 0 Å². The molecule has 0 bridgehead atoms. The maximum atomic E-state index is 13.3. The van der Waals surface area contributed by atoms with E-state index < -0.39 is 11.9 Å². The van der Waals surface area contributed by atoms with Crippen molar-refractivity contribution in [2.45, 2.75) is 33.0 Å². The summed E-state index contributed by atoms with van der Waals surface area (Å²) in [6, 6.07) is 3.18. The first-order chi connectivity index (χ1) is 15.1. The van der Waals surface area contributed by atoms with Crippen molar-refractivity contribution in [1.29, 1.82) is 0 Å². The van der Waals surface area contributed by atoms with E-state index in [-0.39, 0.29) is 35.9 Å². The second kappa shape index (κ2) is 9.28. The van der Waals surface area contributed by atoms with E-state index in [1.54, 1.807) is 31.0 Å². The van der Waals surface area contributed by atoms with Gasteiger partial charge in [-0.1, -0.05) is 13.8 Å². The van der Waals surface area contributed by atoms with Gasteiger partial charge in [-0.15, -0.1) is 4.80 Å². The number of hydrogen-bond acceptors (Lipinski definition) is 7. The molecule has 0 fully saturated rings. The molecular weight excluding hydrogens is 425 g/mol. The van der Waals surface area contributed by atoms with Crippen LogP contribution >= 0.6 is 0 Å². The van der Waals surface area contributed by atoms with Crippen molar-refractivity contribution in [2.24, 2.45) is 5.92 Å². The summed E-state index contributed by atoms with van der Waals surface area (Å²) in [5, 5.41) is 11.1. The molecule has 12 heteroatoms. The molecule has 3 heterocycles. The van der Waals surface area contributed by atoms with Gasteiger partial charge in [0.15, 0.2) is 11.4 Å². The summed E-state index contributed by atoms with van der Waals surface area (Å²) in [4.78, 5) is 27.8. The smallest absolute Gasteiger partial charge is 0.367 e. The van der Waals surface area contributed by atoms with Gasteiger partial charge in [0.2, 0.25) is 0 Å². The van der Waals surface area contributed by atoms with Crippen LogP contribution in [-0.4, -0.2) is 60.4 Å². The summed E-state index contributed by atoms with van der Waals surface area (Å²) in [5.74, 6) is -0.130. The molecule has 3 rings (SSSR count). The number of carbonyl (C=O) groups excluding carboxylic acids is 1. The first kappa shape index (κ1) is 23.1. The summed E-state index contributed by atoms with van der Waals surface area (Å²) in [6.07, 6.45) is 0.140. The predicted molar refractivity (Wildman–Crippen MR) is 110 cm³/mol. The third kappa shape index (κ3) is 5.18. The number of aryl methyl sites for hydroxylation is 1. The van der Waals surface area contributed by atoms with Gasteiger partial charge in [0, 0.05) is 19.3 Å². The molecule has 9 nitrogen and oxygen atoms in total. The number of nitrogens with zero attached hydrogens (tertiary/aromatic N) is 7. The summed E-state index contributed by atoms with van der Waals surface area (Å²) >= 11 is 0. The van der Waals surface area contributed by atoms with Gasteiger partial charge in [-0.2, -0.15) is 23.4 Å². The number of pyridine rings is 1. The fourth-order valence-electron chi connectivity index (χ4n) is 3.12. The van der Waals surface area contributed by atoms with Crippen molar-refractivity contribution in [2.75, 3.05) is 18.9 Å². The van der Waals surface area contributed by atoms with Crippen LogP contribution in [0, 0.1) is 12.8 Å². The zero-order valence-electron chi connectivity index (χ0n) is 18.0. The summed E-state index contributed by atoms with van der Waals surface area (Å²) in [5.41, 5.74) is 0.239. The van der Waals surface area contributed by atoms with E-state index >= 15 is 0 Å². The fraction of sp³-hybridized carbons (Fsp3) is 0.400. The molecule has 0 aromatic carbocycles. The Labute approximate surface area is 182 Å². The third-order valence-electron chi connectivity index (χ3n) is 4.87. The molecule has 32 heavy (non-hydrogen) atoms. The average molecular weight is 448 g/mol. The van der Waals surface area contributed by atoms with Gasteiger partial charge in [0.05, 0.1) is 30.8 Å². The Balaban J connectivity index is 1.79. The van der Waals surface area contributed by atoms with Crippen molar-refractivity contribution in [3.63, 3.8) is 0 Å². The van der Waals surface area contributed by atoms with Crippen molar-refractivity contribution in [1.82, 2.24) is 34.8 Å². The van der Waals surface area contributed by atoms with Gasteiger partial charge >= 0.3 is 6.18 Å². The van der Waals surface area contributed by atoms with Crippen LogP contribution in [0.25, 0.3) is 5.69 Å². The number of nitrogens with one attached hydrogen (secondary N) is 1. The quantitative estimate of drug-likeness (QED) is 0.593. The number of aromatic nitrogens is 6. The third-order valence-corrected chi connectivity index (χ3v) is 4.87. The minimum Gasteiger partial charge on any atom is -0.367 e. The Morgan fingerprint density at radius 2 is 1.84 bits per heavy atom. The summed E-state index contributed by atoms with van der Waals surface area (Å²) < 4.78 is 38.0. The molecule has 0 saturated heterocycles. The highest BCUT2D eigenvalue weighted by Crippen LogP contribution is 2.27. The van der Waals surface area contributed by atoms with E-state index in [1.165, 1.54) is 17.2 Å². The van der Waals surface area contributed by atoms with Crippen LogP contribution in [-0.2, 0) is 6.18 Å². The number of rotatable bonds is 7. The van der Waals surface area contributed by atoms with Gasteiger partial charge in [0.25, 0.3) is 5.91 Å². The molecule has 0 aliphatic rings. The zero-order valence-corrected chi connectivity index (χ0v) is 18.0. The Morgan fingerprint density at radius 1 is 1.16 bits per heavy atom. The highest BCUT2D eigenvalue weighted by molar-refractivity contribution is 5.95. The number of carbonyl (C=O) groups is 1. The minimum absolute atomic E-state index is 0.0231. The molecule has 1 amide bonds. The Kier molecular flexibility index (Phi) is 6.70. The van der Waals surface area contributed by atoms with Crippen LogP contribution < -0.4 is 5.32 Å². The molecule has 3 aromatic heterocycles. The molecule has 0 saturated carbocycles. The Bertz CT molecular complexity index is 1050. The van der Waals surface area contributed by atoms with Crippen molar-refractivity contribution >= 4 is 11.7 Å². The van der Waals surface area contributed by atoms with Crippen LogP contribution in [0.2, 0.25) is 0 Å². The lowest BCUT2D eigenvalue weighted by molar-refractivity contribution is -0.141. The van der Waals surface area contributed by atoms with E-state index in [0.717, 1.165) is 6.20 Å². The molecule has 1 atom stereocenters. The molecule has 0 aliphatic carbocycles. The van der Waals surface area contributed by atoms with Crippen molar-refractivity contribution < 1.29 is 18.0 Å². The monoisotopic (exact) mass is 448 g/mol. The maximum Gasteiger partial charge on any atom is 0.434 e. The number of likely N-dealkylation sites (N-methyl/N-ethyl adjacent to an activating group) is 1. The lowest BCUT2D eigenvalue weighted by Gasteiger charge is -2.31. The van der Waals surface area contributed by atoms with Gasteiger partial charge < -0.3 is 10.2 Å². The number of anilines is 1. The van der Waals surface area contributed by atoms with Gasteiger partial charge in [-0.05, 0) is 25.0 Å². The Morgan fingerprint density at radius 3 is 2.41 bits per heavy atom. The van der Waals surface area contributed by atoms with E-state index in [2.05, 4.69) is 30.5 Å². The summed E-state index contributed by atoms with van der Waals surface area (Å²) in [7, 11) is 1.65. The Hall–Kier alpha value is -3.57. The molecule has 0 radical (unpaired) electrons. The van der Waals surface area contributed by atoms with E-state index in [4.69, 9.17) is 0 Å². The molecule has 3 aromatic rings. The number of hydrogen-bond donors (Lipinski definition) is 1. The standard InChI is InChI=1S/C20H23F3N8O/c1-12(2)15(9-25-17-11-24-16(10-26-17)20(21,22)23)30(4)19(32)18-14(6-5-13(3)29-18)31-27-7-8-28-31/h5-8,10-12,15H,9H2,1-4H3,(H,25,26). The SMILES string of the molecule is Cc1ccc(-n2nccn2)c(C(=O)N(C)C(CNc2cnc(C(F)(F)F)cn2)C(C)C)n1. The van der Waals surface area contributed by atoms with Crippen LogP contribution in [0.15, 0.2) is 36.9 Å². The minimum atomic E-state index is -4.55. The molecule has 1 N–H and O–H groups in total.